The largest absolute Gasteiger partial charge is 0.490 e. The van der Waals surface area contributed by atoms with Gasteiger partial charge in [-0.1, -0.05) is 12.1 Å². The van der Waals surface area contributed by atoms with Crippen LogP contribution in [0.25, 0.3) is 0 Å². The Kier molecular flexibility index (Phi) is 4.10. The first-order valence-electron chi connectivity index (χ1n) is 7.26. The Morgan fingerprint density at radius 1 is 1.18 bits per heavy atom. The van der Waals surface area contributed by atoms with Crippen LogP contribution < -0.4 is 14.8 Å². The van der Waals surface area contributed by atoms with Gasteiger partial charge in [0.15, 0.2) is 11.5 Å². The van der Waals surface area contributed by atoms with Crippen molar-refractivity contribution in [3.63, 3.8) is 0 Å². The van der Waals surface area contributed by atoms with E-state index in [0.717, 1.165) is 29.0 Å². The molecular weight excluding hydrogens is 278 g/mol. The number of pyridine rings is 1. The van der Waals surface area contributed by atoms with E-state index in [-0.39, 0.29) is 0 Å². The van der Waals surface area contributed by atoms with Crippen molar-refractivity contribution in [3.8, 4) is 17.6 Å². The second-order valence-electron chi connectivity index (χ2n) is 5.16. The van der Waals surface area contributed by atoms with Crippen molar-refractivity contribution >= 4 is 5.82 Å². The van der Waals surface area contributed by atoms with Gasteiger partial charge >= 0.3 is 0 Å². The fraction of sp³-hybridized carbons (Fsp3) is 0.294. The summed E-state index contributed by atoms with van der Waals surface area (Å²) in [4.78, 5) is 4.28. The minimum absolute atomic E-state index is 0.448. The first-order chi connectivity index (χ1) is 10.8. The summed E-state index contributed by atoms with van der Waals surface area (Å²) in [6.45, 7) is 3.85. The third-order valence-electron chi connectivity index (χ3n) is 3.49. The SMILES string of the molecule is Cc1ccc(NCc2ccc3c(c2)OCCCO3)nc1C#N. The number of nitrogens with zero attached hydrogens (tertiary/aromatic N) is 2. The molecule has 2 heterocycles. The highest BCUT2D eigenvalue weighted by Crippen LogP contribution is 2.30. The predicted octanol–water partition coefficient (Wildman–Crippen LogP) is 3.04. The van der Waals surface area contributed by atoms with E-state index in [1.54, 1.807) is 0 Å². The number of benzene rings is 1. The van der Waals surface area contributed by atoms with E-state index in [1.165, 1.54) is 0 Å². The monoisotopic (exact) mass is 295 g/mol. The third-order valence-corrected chi connectivity index (χ3v) is 3.49. The summed E-state index contributed by atoms with van der Waals surface area (Å²) in [6, 6.07) is 11.8. The van der Waals surface area contributed by atoms with Gasteiger partial charge in [-0.2, -0.15) is 5.26 Å². The Hall–Kier alpha value is -2.74. The van der Waals surface area contributed by atoms with Gasteiger partial charge in [0, 0.05) is 13.0 Å². The Morgan fingerprint density at radius 2 is 2.00 bits per heavy atom. The maximum atomic E-state index is 9.02. The lowest BCUT2D eigenvalue weighted by Crippen LogP contribution is -2.03. The van der Waals surface area contributed by atoms with Crippen LogP contribution in [-0.2, 0) is 6.54 Å². The molecule has 0 bridgehead atoms. The standard InChI is InChI=1S/C17H17N3O2/c1-12-3-6-17(20-14(12)10-18)19-11-13-4-5-15-16(9-13)22-8-2-7-21-15/h3-6,9H,2,7-8,11H2,1H3,(H,19,20). The summed E-state index contributed by atoms with van der Waals surface area (Å²) in [5.74, 6) is 2.27. The maximum absolute atomic E-state index is 9.02. The number of nitriles is 1. The summed E-state index contributed by atoms with van der Waals surface area (Å²) in [5.41, 5.74) is 2.40. The van der Waals surface area contributed by atoms with Crippen molar-refractivity contribution in [1.29, 1.82) is 5.26 Å². The number of hydrogen-bond acceptors (Lipinski definition) is 5. The molecule has 0 saturated carbocycles. The molecule has 0 atom stereocenters. The number of ether oxygens (including phenoxy) is 2. The fourth-order valence-electron chi connectivity index (χ4n) is 2.25. The number of nitrogens with one attached hydrogen (secondary N) is 1. The first kappa shape index (κ1) is 14.2. The summed E-state index contributed by atoms with van der Waals surface area (Å²) in [7, 11) is 0. The van der Waals surface area contributed by atoms with Gasteiger partial charge in [0.1, 0.15) is 17.6 Å². The molecule has 0 fully saturated rings. The zero-order valence-corrected chi connectivity index (χ0v) is 12.4. The lowest BCUT2D eigenvalue weighted by molar-refractivity contribution is 0.297. The van der Waals surface area contributed by atoms with Gasteiger partial charge in [0.05, 0.1) is 13.2 Å². The molecule has 1 N–H and O–H groups in total. The number of anilines is 1. The van der Waals surface area contributed by atoms with Crippen molar-refractivity contribution in [2.45, 2.75) is 19.9 Å². The molecule has 0 saturated heterocycles. The molecule has 1 aliphatic rings. The van der Waals surface area contributed by atoms with Crippen molar-refractivity contribution in [3.05, 3.63) is 47.2 Å². The Balaban J connectivity index is 1.72. The van der Waals surface area contributed by atoms with Gasteiger partial charge in [-0.25, -0.2) is 4.98 Å². The second kappa shape index (κ2) is 6.35. The van der Waals surface area contributed by atoms with Crippen LogP contribution in [0.4, 0.5) is 5.82 Å². The molecule has 0 amide bonds. The van der Waals surface area contributed by atoms with E-state index < -0.39 is 0 Å². The topological polar surface area (TPSA) is 67.2 Å². The molecule has 5 nitrogen and oxygen atoms in total. The van der Waals surface area contributed by atoms with E-state index in [1.807, 2.05) is 37.3 Å². The summed E-state index contributed by atoms with van der Waals surface area (Å²) in [5, 5.41) is 12.2. The molecule has 0 spiro atoms. The number of hydrogen-bond donors (Lipinski definition) is 1. The minimum Gasteiger partial charge on any atom is -0.490 e. The van der Waals surface area contributed by atoms with Crippen molar-refractivity contribution in [2.75, 3.05) is 18.5 Å². The van der Waals surface area contributed by atoms with Crippen LogP contribution in [0.5, 0.6) is 11.5 Å². The fourth-order valence-corrected chi connectivity index (χ4v) is 2.25. The zero-order chi connectivity index (χ0) is 15.4. The molecule has 1 aromatic carbocycles. The van der Waals surface area contributed by atoms with Gasteiger partial charge < -0.3 is 14.8 Å². The molecule has 0 unspecified atom stereocenters. The van der Waals surface area contributed by atoms with Gasteiger partial charge in [0.2, 0.25) is 0 Å². The van der Waals surface area contributed by atoms with E-state index in [0.29, 0.717) is 31.3 Å². The maximum Gasteiger partial charge on any atom is 0.161 e. The number of fused-ring (bicyclic) bond motifs is 1. The first-order valence-corrected chi connectivity index (χ1v) is 7.26. The zero-order valence-electron chi connectivity index (χ0n) is 12.4. The summed E-state index contributed by atoms with van der Waals surface area (Å²) >= 11 is 0. The predicted molar refractivity (Wildman–Crippen MR) is 83.1 cm³/mol. The van der Waals surface area contributed by atoms with E-state index in [2.05, 4.69) is 16.4 Å². The normalized spacial score (nSPS) is 13.1. The lowest BCUT2D eigenvalue weighted by atomic mass is 10.2. The summed E-state index contributed by atoms with van der Waals surface area (Å²) in [6.07, 6.45) is 0.895. The molecule has 1 aromatic heterocycles. The highest BCUT2D eigenvalue weighted by Gasteiger charge is 2.10. The minimum atomic E-state index is 0.448. The van der Waals surface area contributed by atoms with Crippen LogP contribution in [0.2, 0.25) is 0 Å². The smallest absolute Gasteiger partial charge is 0.161 e. The van der Waals surface area contributed by atoms with Crippen LogP contribution in [0.15, 0.2) is 30.3 Å². The Labute approximate surface area is 129 Å². The number of aryl methyl sites for hydroxylation is 1. The molecule has 112 valence electrons. The quantitative estimate of drug-likeness (QED) is 0.942. The van der Waals surface area contributed by atoms with E-state index >= 15 is 0 Å². The highest BCUT2D eigenvalue weighted by molar-refractivity contribution is 5.46. The second-order valence-corrected chi connectivity index (χ2v) is 5.16. The van der Waals surface area contributed by atoms with Gasteiger partial charge in [0.25, 0.3) is 0 Å². The molecule has 0 aliphatic carbocycles. The molecule has 1 aliphatic heterocycles. The molecule has 22 heavy (non-hydrogen) atoms. The number of rotatable bonds is 3. The molecular formula is C17H17N3O2. The third kappa shape index (κ3) is 3.12. The average Bonchev–Trinajstić information content (AvgIpc) is 2.79. The van der Waals surface area contributed by atoms with E-state index in [4.69, 9.17) is 14.7 Å². The van der Waals surface area contributed by atoms with Crippen LogP contribution in [0.3, 0.4) is 0 Å². The van der Waals surface area contributed by atoms with Crippen molar-refractivity contribution in [2.24, 2.45) is 0 Å². The van der Waals surface area contributed by atoms with Crippen LogP contribution in [-0.4, -0.2) is 18.2 Å². The number of aromatic nitrogens is 1. The van der Waals surface area contributed by atoms with Crippen LogP contribution in [0.1, 0.15) is 23.2 Å². The van der Waals surface area contributed by atoms with Gasteiger partial charge in [-0.05, 0) is 36.2 Å². The van der Waals surface area contributed by atoms with Gasteiger partial charge in [-0.3, -0.25) is 0 Å². The lowest BCUT2D eigenvalue weighted by Gasteiger charge is -2.11. The van der Waals surface area contributed by atoms with Crippen LogP contribution >= 0.6 is 0 Å². The Morgan fingerprint density at radius 3 is 2.82 bits per heavy atom. The van der Waals surface area contributed by atoms with E-state index in [9.17, 15) is 0 Å². The molecule has 3 rings (SSSR count). The molecule has 2 aromatic rings. The average molecular weight is 295 g/mol. The molecule has 5 heteroatoms. The van der Waals surface area contributed by atoms with Crippen LogP contribution in [0, 0.1) is 18.3 Å². The molecule has 0 radical (unpaired) electrons. The Bertz CT molecular complexity index is 722. The van der Waals surface area contributed by atoms with Crippen molar-refractivity contribution < 1.29 is 9.47 Å². The van der Waals surface area contributed by atoms with Gasteiger partial charge in [-0.15, -0.1) is 0 Å². The summed E-state index contributed by atoms with van der Waals surface area (Å²) < 4.78 is 11.3. The highest BCUT2D eigenvalue weighted by atomic mass is 16.5. The van der Waals surface area contributed by atoms with Crippen molar-refractivity contribution in [1.82, 2.24) is 4.98 Å².